The number of rotatable bonds is 3. The zero-order valence-electron chi connectivity index (χ0n) is 13.7. The van der Waals surface area contributed by atoms with Gasteiger partial charge in [-0.15, -0.1) is 0 Å². The number of halogens is 1. The van der Waals surface area contributed by atoms with E-state index in [0.29, 0.717) is 17.0 Å². The van der Waals surface area contributed by atoms with Crippen molar-refractivity contribution in [2.24, 2.45) is 0 Å². The number of pyridine rings is 1. The van der Waals surface area contributed by atoms with Gasteiger partial charge in [-0.25, -0.2) is 4.39 Å². The molecule has 120 valence electrons. The third kappa shape index (κ3) is 3.09. The van der Waals surface area contributed by atoms with Crippen LogP contribution in [0.3, 0.4) is 0 Å². The maximum absolute atomic E-state index is 14.4. The first-order valence-corrected chi connectivity index (χ1v) is 7.51. The van der Waals surface area contributed by atoms with Gasteiger partial charge in [-0.1, -0.05) is 6.07 Å². The molecule has 6 heteroatoms. The van der Waals surface area contributed by atoms with E-state index in [9.17, 15) is 4.39 Å². The second kappa shape index (κ2) is 5.62. The minimum atomic E-state index is -0.996. The van der Waals surface area contributed by atoms with Gasteiger partial charge in [-0.2, -0.15) is 0 Å². The van der Waals surface area contributed by atoms with Gasteiger partial charge in [0.15, 0.2) is 5.76 Å². The summed E-state index contributed by atoms with van der Waals surface area (Å²) in [7, 11) is -0.996. The Hall–Kier alpha value is -1.92. The lowest BCUT2D eigenvalue weighted by Crippen LogP contribution is -2.41. The van der Waals surface area contributed by atoms with Gasteiger partial charge in [0.1, 0.15) is 11.4 Å². The fourth-order valence-corrected chi connectivity index (χ4v) is 2.24. The predicted molar refractivity (Wildman–Crippen MR) is 87.1 cm³/mol. The van der Waals surface area contributed by atoms with Gasteiger partial charge in [0.05, 0.1) is 17.5 Å². The van der Waals surface area contributed by atoms with Gasteiger partial charge in [0.2, 0.25) is 0 Å². The van der Waals surface area contributed by atoms with E-state index in [2.05, 4.69) is 4.98 Å². The monoisotopic (exact) mass is 315 g/mol. The van der Waals surface area contributed by atoms with Crippen LogP contribution in [0.25, 0.3) is 17.5 Å². The second-order valence-electron chi connectivity index (χ2n) is 6.57. The summed E-state index contributed by atoms with van der Waals surface area (Å²) in [6.45, 7) is 7.56. The molecule has 1 aliphatic heterocycles. The van der Waals surface area contributed by atoms with Crippen LogP contribution >= 0.6 is 0 Å². The normalized spacial score (nSPS) is 20.0. The summed E-state index contributed by atoms with van der Waals surface area (Å²) in [5, 5.41) is 0. The number of nitrogens with zero attached hydrogens (tertiary/aromatic N) is 1. The van der Waals surface area contributed by atoms with Gasteiger partial charge in [-0.3, -0.25) is 4.98 Å². The van der Waals surface area contributed by atoms with Crippen molar-refractivity contribution < 1.29 is 18.1 Å². The molecule has 0 amide bonds. The Morgan fingerprint density at radius 2 is 1.83 bits per heavy atom. The van der Waals surface area contributed by atoms with E-state index < -0.39 is 24.0 Å². The molecule has 0 radical (unpaired) electrons. The minimum absolute atomic E-state index is 0.476. The van der Waals surface area contributed by atoms with Crippen molar-refractivity contribution in [3.63, 3.8) is 0 Å². The molecule has 0 unspecified atom stereocenters. The zero-order valence-corrected chi connectivity index (χ0v) is 13.7. The summed E-state index contributed by atoms with van der Waals surface area (Å²) in [6.07, 6.45) is 4.55. The molecule has 0 aliphatic carbocycles. The van der Waals surface area contributed by atoms with Crippen LogP contribution in [-0.4, -0.2) is 23.3 Å². The number of furan rings is 1. The molecular formula is C17H19BFNO3. The summed E-state index contributed by atoms with van der Waals surface area (Å²) in [4.78, 5) is 4.27. The van der Waals surface area contributed by atoms with E-state index in [0.717, 1.165) is 0 Å². The highest BCUT2D eigenvalue weighted by Crippen LogP contribution is 2.39. The Bertz CT molecular complexity index is 692. The van der Waals surface area contributed by atoms with Gasteiger partial charge in [0.25, 0.3) is 0 Å². The summed E-state index contributed by atoms with van der Waals surface area (Å²) in [5.74, 6) is 0.673. The fraction of sp³-hybridized carbons (Fsp3) is 0.353. The first kappa shape index (κ1) is 16.0. The van der Waals surface area contributed by atoms with E-state index in [4.69, 9.17) is 13.7 Å². The van der Waals surface area contributed by atoms with Gasteiger partial charge in [0, 0.05) is 6.20 Å². The van der Waals surface area contributed by atoms with Crippen LogP contribution in [0.5, 0.6) is 0 Å². The van der Waals surface area contributed by atoms with Crippen molar-refractivity contribution in [3.05, 3.63) is 48.0 Å². The molecule has 0 saturated carbocycles. The molecule has 2 aromatic heterocycles. The van der Waals surface area contributed by atoms with Crippen LogP contribution in [0.2, 0.25) is 0 Å². The van der Waals surface area contributed by atoms with E-state index in [1.54, 1.807) is 30.7 Å². The average molecular weight is 315 g/mol. The lowest BCUT2D eigenvalue weighted by molar-refractivity contribution is 0.00578. The molecule has 0 aromatic carbocycles. The van der Waals surface area contributed by atoms with Crippen LogP contribution in [0.4, 0.5) is 4.39 Å². The highest BCUT2D eigenvalue weighted by Gasteiger charge is 2.53. The molecule has 0 spiro atoms. The van der Waals surface area contributed by atoms with Gasteiger partial charge in [-0.05, 0) is 57.5 Å². The predicted octanol–water partition coefficient (Wildman–Crippen LogP) is 4.28. The molecule has 1 saturated heterocycles. The van der Waals surface area contributed by atoms with Crippen molar-refractivity contribution in [1.29, 1.82) is 0 Å². The number of hydrogen-bond donors (Lipinski definition) is 0. The third-order valence-electron chi connectivity index (χ3n) is 4.34. The molecule has 0 N–H and O–H groups in total. The molecule has 23 heavy (non-hydrogen) atoms. The first-order valence-electron chi connectivity index (χ1n) is 7.51. The largest absolute Gasteiger partial charge is 0.525 e. The van der Waals surface area contributed by atoms with Crippen LogP contribution in [0.15, 0.2) is 46.9 Å². The molecule has 1 aliphatic rings. The Balaban J connectivity index is 1.77. The Morgan fingerprint density at radius 3 is 2.35 bits per heavy atom. The topological polar surface area (TPSA) is 44.5 Å². The summed E-state index contributed by atoms with van der Waals surface area (Å²) in [5.41, 5.74) is -0.277. The molecule has 3 heterocycles. The standard InChI is InChI=1S/C17H19BFNO3/c1-16(2)17(3,4)23-18(22-16)15(19)10-12-7-8-13(20-11-12)14-6-5-9-21-14/h5-11H,1-4H3. The Kier molecular flexibility index (Phi) is 3.90. The maximum atomic E-state index is 14.4. The Labute approximate surface area is 135 Å². The maximum Gasteiger partial charge on any atom is 0.525 e. The van der Waals surface area contributed by atoms with Gasteiger partial charge >= 0.3 is 7.12 Å². The molecule has 1 fully saturated rings. The van der Waals surface area contributed by atoms with E-state index in [1.165, 1.54) is 6.08 Å². The molecule has 2 aromatic rings. The molecular weight excluding hydrogens is 296 g/mol. The average Bonchev–Trinajstić information content (AvgIpc) is 3.07. The summed E-state index contributed by atoms with van der Waals surface area (Å²) < 4.78 is 31.1. The van der Waals surface area contributed by atoms with Crippen LogP contribution in [-0.2, 0) is 9.31 Å². The Morgan fingerprint density at radius 1 is 1.13 bits per heavy atom. The zero-order chi connectivity index (χ0) is 16.7. The first-order chi connectivity index (χ1) is 10.8. The highest BCUT2D eigenvalue weighted by atomic mass is 19.1. The second-order valence-corrected chi connectivity index (χ2v) is 6.57. The molecule has 0 atom stereocenters. The number of hydrogen-bond acceptors (Lipinski definition) is 4. The lowest BCUT2D eigenvalue weighted by Gasteiger charge is -2.32. The van der Waals surface area contributed by atoms with E-state index >= 15 is 0 Å². The van der Waals surface area contributed by atoms with Gasteiger partial charge < -0.3 is 13.7 Å². The van der Waals surface area contributed by atoms with E-state index in [-0.39, 0.29) is 0 Å². The van der Waals surface area contributed by atoms with Crippen molar-refractivity contribution in [2.45, 2.75) is 38.9 Å². The molecule has 3 rings (SSSR count). The summed E-state index contributed by atoms with van der Waals surface area (Å²) in [6, 6.07) is 7.17. The van der Waals surface area contributed by atoms with Crippen molar-refractivity contribution in [1.82, 2.24) is 4.98 Å². The quantitative estimate of drug-likeness (QED) is 0.793. The smallest absolute Gasteiger partial charge is 0.463 e. The number of aromatic nitrogens is 1. The van der Waals surface area contributed by atoms with Crippen LogP contribution in [0, 0.1) is 0 Å². The van der Waals surface area contributed by atoms with Crippen molar-refractivity contribution in [3.8, 4) is 11.5 Å². The van der Waals surface area contributed by atoms with Crippen LogP contribution in [0.1, 0.15) is 33.3 Å². The lowest BCUT2D eigenvalue weighted by atomic mass is 9.87. The van der Waals surface area contributed by atoms with Crippen LogP contribution < -0.4 is 0 Å². The summed E-state index contributed by atoms with van der Waals surface area (Å²) >= 11 is 0. The fourth-order valence-electron chi connectivity index (χ4n) is 2.24. The minimum Gasteiger partial charge on any atom is -0.463 e. The van der Waals surface area contributed by atoms with E-state index in [1.807, 2.05) is 33.8 Å². The SMILES string of the molecule is CC1(C)OB(C(F)=Cc2ccc(-c3ccco3)nc2)OC1(C)C. The van der Waals surface area contributed by atoms with Crippen molar-refractivity contribution >= 4 is 13.2 Å². The molecule has 0 bridgehead atoms. The van der Waals surface area contributed by atoms with Crippen molar-refractivity contribution in [2.75, 3.05) is 0 Å². The molecule has 4 nitrogen and oxygen atoms in total. The third-order valence-corrected chi connectivity index (χ3v) is 4.34. The highest BCUT2D eigenvalue weighted by molar-refractivity contribution is 6.54.